The molecule has 2 rings (SSSR count). The Labute approximate surface area is 125 Å². The fourth-order valence-electron chi connectivity index (χ4n) is 2.86. The lowest BCUT2D eigenvalue weighted by Gasteiger charge is -2.28. The van der Waals surface area contributed by atoms with Crippen LogP contribution >= 0.6 is 11.6 Å². The summed E-state index contributed by atoms with van der Waals surface area (Å²) in [6, 6.07) is 2.36. The van der Waals surface area contributed by atoms with E-state index < -0.39 is 0 Å². The highest BCUT2D eigenvalue weighted by atomic mass is 35.5. The van der Waals surface area contributed by atoms with Gasteiger partial charge in [-0.25, -0.2) is 4.98 Å². The highest BCUT2D eigenvalue weighted by molar-refractivity contribution is 6.33. The molecule has 0 aromatic carbocycles. The standard InChI is InChI=1S/C15H22ClN3O/c1-4-11-7-6-10(3)19(11)15(20)12-8-14(17-5-2)18-9-13(12)16/h8-11H,4-7H2,1-3H3,(H,17,18). The summed E-state index contributed by atoms with van der Waals surface area (Å²) in [4.78, 5) is 19.0. The first-order chi connectivity index (χ1) is 9.58. The Balaban J connectivity index is 2.30. The number of amides is 1. The molecule has 0 spiro atoms. The van der Waals surface area contributed by atoms with Crippen molar-refractivity contribution in [1.82, 2.24) is 9.88 Å². The molecule has 0 aliphatic carbocycles. The minimum atomic E-state index is 0.0217. The zero-order chi connectivity index (χ0) is 14.7. The summed E-state index contributed by atoms with van der Waals surface area (Å²) in [6.45, 7) is 6.99. The SMILES string of the molecule is CCNc1cc(C(=O)N2C(C)CCC2CC)c(Cl)cn1. The van der Waals surface area contributed by atoms with Gasteiger partial charge in [0, 0.05) is 24.8 Å². The predicted octanol–water partition coefficient (Wildman–Crippen LogP) is 3.57. The van der Waals surface area contributed by atoms with Crippen LogP contribution in [-0.4, -0.2) is 34.4 Å². The van der Waals surface area contributed by atoms with Gasteiger partial charge in [-0.3, -0.25) is 4.79 Å². The molecule has 4 nitrogen and oxygen atoms in total. The van der Waals surface area contributed by atoms with E-state index in [1.165, 1.54) is 0 Å². The van der Waals surface area contributed by atoms with E-state index in [1.54, 1.807) is 12.3 Å². The van der Waals surface area contributed by atoms with Crippen molar-refractivity contribution in [3.63, 3.8) is 0 Å². The van der Waals surface area contributed by atoms with Crippen LogP contribution in [-0.2, 0) is 0 Å². The number of pyridine rings is 1. The molecular weight excluding hydrogens is 274 g/mol. The lowest BCUT2D eigenvalue weighted by atomic mass is 10.1. The molecule has 110 valence electrons. The van der Waals surface area contributed by atoms with Crippen molar-refractivity contribution in [2.45, 2.75) is 52.1 Å². The van der Waals surface area contributed by atoms with Crippen LogP contribution in [0.1, 0.15) is 50.4 Å². The van der Waals surface area contributed by atoms with Gasteiger partial charge in [0.15, 0.2) is 0 Å². The second-order valence-corrected chi connectivity index (χ2v) is 5.69. The van der Waals surface area contributed by atoms with Crippen LogP contribution in [0.2, 0.25) is 5.02 Å². The van der Waals surface area contributed by atoms with Gasteiger partial charge in [-0.15, -0.1) is 0 Å². The first-order valence-electron chi connectivity index (χ1n) is 7.30. The molecule has 0 bridgehead atoms. The largest absolute Gasteiger partial charge is 0.370 e. The number of anilines is 1. The molecule has 1 amide bonds. The Kier molecular flexibility index (Phi) is 4.86. The average Bonchev–Trinajstić information content (AvgIpc) is 2.81. The lowest BCUT2D eigenvalue weighted by molar-refractivity contribution is 0.0676. The minimum Gasteiger partial charge on any atom is -0.370 e. The highest BCUT2D eigenvalue weighted by Crippen LogP contribution is 2.30. The van der Waals surface area contributed by atoms with E-state index in [0.29, 0.717) is 22.4 Å². The van der Waals surface area contributed by atoms with Crippen molar-refractivity contribution in [3.05, 3.63) is 22.8 Å². The molecular formula is C15H22ClN3O. The zero-order valence-corrected chi connectivity index (χ0v) is 13.1. The van der Waals surface area contributed by atoms with Gasteiger partial charge in [-0.05, 0) is 39.2 Å². The van der Waals surface area contributed by atoms with Crippen LogP contribution in [0.4, 0.5) is 5.82 Å². The monoisotopic (exact) mass is 295 g/mol. The van der Waals surface area contributed by atoms with Crippen molar-refractivity contribution < 1.29 is 4.79 Å². The third kappa shape index (κ3) is 2.90. The second-order valence-electron chi connectivity index (χ2n) is 5.28. The highest BCUT2D eigenvalue weighted by Gasteiger charge is 2.34. The molecule has 1 aromatic rings. The van der Waals surface area contributed by atoms with Crippen molar-refractivity contribution in [2.24, 2.45) is 0 Å². The number of carbonyl (C=O) groups is 1. The van der Waals surface area contributed by atoms with Gasteiger partial charge in [0.05, 0.1) is 10.6 Å². The number of nitrogens with one attached hydrogen (secondary N) is 1. The van der Waals surface area contributed by atoms with Crippen molar-refractivity contribution in [3.8, 4) is 0 Å². The molecule has 1 aromatic heterocycles. The van der Waals surface area contributed by atoms with Gasteiger partial charge in [-0.1, -0.05) is 18.5 Å². The van der Waals surface area contributed by atoms with Crippen LogP contribution in [0.25, 0.3) is 0 Å². The van der Waals surface area contributed by atoms with Gasteiger partial charge in [-0.2, -0.15) is 0 Å². The minimum absolute atomic E-state index is 0.0217. The van der Waals surface area contributed by atoms with E-state index in [2.05, 4.69) is 24.1 Å². The molecule has 5 heteroatoms. The smallest absolute Gasteiger partial charge is 0.256 e. The molecule has 0 radical (unpaired) electrons. The first kappa shape index (κ1) is 15.1. The summed E-state index contributed by atoms with van der Waals surface area (Å²) in [5, 5.41) is 3.54. The fourth-order valence-corrected chi connectivity index (χ4v) is 3.04. The van der Waals surface area contributed by atoms with Gasteiger partial charge in [0.2, 0.25) is 0 Å². The number of rotatable bonds is 4. The number of carbonyl (C=O) groups excluding carboxylic acids is 1. The number of halogens is 1. The maximum atomic E-state index is 12.8. The Bertz CT molecular complexity index is 492. The van der Waals surface area contributed by atoms with E-state index in [4.69, 9.17) is 11.6 Å². The predicted molar refractivity (Wildman–Crippen MR) is 82.4 cm³/mol. The Morgan fingerprint density at radius 3 is 2.90 bits per heavy atom. The van der Waals surface area contributed by atoms with Crippen LogP contribution in [0.5, 0.6) is 0 Å². The summed E-state index contributed by atoms with van der Waals surface area (Å²) >= 11 is 6.17. The molecule has 1 aliphatic rings. The molecule has 20 heavy (non-hydrogen) atoms. The maximum Gasteiger partial charge on any atom is 0.256 e. The molecule has 2 heterocycles. The topological polar surface area (TPSA) is 45.2 Å². The Morgan fingerprint density at radius 2 is 2.25 bits per heavy atom. The molecule has 1 aliphatic heterocycles. The second kappa shape index (κ2) is 6.44. The molecule has 2 unspecified atom stereocenters. The number of hydrogen-bond acceptors (Lipinski definition) is 3. The Morgan fingerprint density at radius 1 is 1.50 bits per heavy atom. The van der Waals surface area contributed by atoms with E-state index in [1.807, 2.05) is 11.8 Å². The summed E-state index contributed by atoms with van der Waals surface area (Å²) in [6.07, 6.45) is 4.67. The third-order valence-electron chi connectivity index (χ3n) is 3.94. The van der Waals surface area contributed by atoms with Crippen molar-refractivity contribution in [1.29, 1.82) is 0 Å². The van der Waals surface area contributed by atoms with E-state index in [-0.39, 0.29) is 11.9 Å². The van der Waals surface area contributed by atoms with E-state index >= 15 is 0 Å². The van der Waals surface area contributed by atoms with Crippen LogP contribution in [0.3, 0.4) is 0 Å². The van der Waals surface area contributed by atoms with Gasteiger partial charge < -0.3 is 10.2 Å². The Hall–Kier alpha value is -1.29. The zero-order valence-electron chi connectivity index (χ0n) is 12.3. The first-order valence-corrected chi connectivity index (χ1v) is 7.68. The number of likely N-dealkylation sites (tertiary alicyclic amines) is 1. The molecule has 0 saturated carbocycles. The third-order valence-corrected chi connectivity index (χ3v) is 4.24. The molecule has 1 fully saturated rings. The van der Waals surface area contributed by atoms with Crippen LogP contribution in [0.15, 0.2) is 12.3 Å². The lowest BCUT2D eigenvalue weighted by Crippen LogP contribution is -2.39. The van der Waals surface area contributed by atoms with Gasteiger partial charge in [0.25, 0.3) is 5.91 Å². The molecule has 1 N–H and O–H groups in total. The number of aromatic nitrogens is 1. The van der Waals surface area contributed by atoms with Gasteiger partial charge in [0.1, 0.15) is 5.82 Å². The summed E-state index contributed by atoms with van der Waals surface area (Å²) in [5.74, 6) is 0.716. The number of nitrogens with zero attached hydrogens (tertiary/aromatic N) is 2. The quantitative estimate of drug-likeness (QED) is 0.923. The average molecular weight is 296 g/mol. The van der Waals surface area contributed by atoms with Crippen LogP contribution in [0, 0.1) is 0 Å². The fraction of sp³-hybridized carbons (Fsp3) is 0.600. The molecule has 2 atom stereocenters. The molecule has 1 saturated heterocycles. The van der Waals surface area contributed by atoms with Crippen LogP contribution < -0.4 is 5.32 Å². The van der Waals surface area contributed by atoms with Gasteiger partial charge >= 0.3 is 0 Å². The normalized spacial score (nSPS) is 22.1. The maximum absolute atomic E-state index is 12.8. The number of hydrogen-bond donors (Lipinski definition) is 1. The van der Waals surface area contributed by atoms with E-state index in [9.17, 15) is 4.79 Å². The summed E-state index contributed by atoms with van der Waals surface area (Å²) in [5.41, 5.74) is 0.546. The van der Waals surface area contributed by atoms with E-state index in [0.717, 1.165) is 25.8 Å². The van der Waals surface area contributed by atoms with Crippen molar-refractivity contribution in [2.75, 3.05) is 11.9 Å². The summed E-state index contributed by atoms with van der Waals surface area (Å²) in [7, 11) is 0. The summed E-state index contributed by atoms with van der Waals surface area (Å²) < 4.78 is 0. The van der Waals surface area contributed by atoms with Crippen molar-refractivity contribution >= 4 is 23.3 Å².